The Balaban J connectivity index is 1.66. The molecule has 1 aromatic heterocycles. The number of rotatable bonds is 3. The van der Waals surface area contributed by atoms with Crippen molar-refractivity contribution in [2.45, 2.75) is 13.8 Å². The molecule has 0 fully saturated rings. The molecule has 0 unspecified atom stereocenters. The molecular weight excluding hydrogens is 451 g/mol. The van der Waals surface area contributed by atoms with Crippen molar-refractivity contribution in [2.24, 2.45) is 9.98 Å². The third-order valence-electron chi connectivity index (χ3n) is 4.87. The van der Waals surface area contributed by atoms with Gasteiger partial charge in [0.1, 0.15) is 11.5 Å². The van der Waals surface area contributed by atoms with E-state index in [9.17, 15) is 13.2 Å². The molecule has 1 aliphatic heterocycles. The van der Waals surface area contributed by atoms with Crippen LogP contribution in [0.1, 0.15) is 18.2 Å². The molecule has 0 spiro atoms. The first-order valence-corrected chi connectivity index (χ1v) is 10.4. The van der Waals surface area contributed by atoms with Crippen LogP contribution in [0.3, 0.4) is 0 Å². The van der Waals surface area contributed by atoms with Gasteiger partial charge in [-0.3, -0.25) is 0 Å². The number of allylic oxidation sites excluding steroid dienone is 3. The van der Waals surface area contributed by atoms with E-state index in [1.807, 2.05) is 0 Å². The first kappa shape index (κ1) is 22.5. The molecule has 1 aliphatic rings. The molecule has 0 amide bonds. The van der Waals surface area contributed by atoms with Crippen molar-refractivity contribution in [1.29, 1.82) is 0 Å². The predicted octanol–water partition coefficient (Wildman–Crippen LogP) is 6.13. The molecule has 2 heterocycles. The Labute approximate surface area is 193 Å². The maximum Gasteiger partial charge on any atom is 0.223 e. The summed E-state index contributed by atoms with van der Waals surface area (Å²) < 4.78 is 44.3. The van der Waals surface area contributed by atoms with Gasteiger partial charge in [0.05, 0.1) is 23.6 Å². The van der Waals surface area contributed by atoms with Gasteiger partial charge >= 0.3 is 0 Å². The maximum absolute atomic E-state index is 14.7. The topological polar surface area (TPSA) is 54.6 Å². The molecule has 33 heavy (non-hydrogen) atoms. The number of nitrogens with zero attached hydrogens (tertiary/aromatic N) is 4. The van der Waals surface area contributed by atoms with Gasteiger partial charge in [0.2, 0.25) is 5.96 Å². The molecule has 5 nitrogen and oxygen atoms in total. The zero-order valence-corrected chi connectivity index (χ0v) is 18.5. The first-order chi connectivity index (χ1) is 15.8. The number of halogens is 4. The fourth-order valence-corrected chi connectivity index (χ4v) is 3.63. The number of hydrogen-bond donors (Lipinski definition) is 1. The van der Waals surface area contributed by atoms with E-state index >= 15 is 0 Å². The second-order valence-corrected chi connectivity index (χ2v) is 7.74. The van der Waals surface area contributed by atoms with Gasteiger partial charge in [-0.1, -0.05) is 29.8 Å². The van der Waals surface area contributed by atoms with Crippen molar-refractivity contribution in [3.63, 3.8) is 0 Å². The Bertz CT molecular complexity index is 1310. The second-order valence-electron chi connectivity index (χ2n) is 7.33. The Hall–Kier alpha value is -3.65. The van der Waals surface area contributed by atoms with Gasteiger partial charge in [0.15, 0.2) is 11.6 Å². The summed E-state index contributed by atoms with van der Waals surface area (Å²) in [7, 11) is 0. The third-order valence-corrected chi connectivity index (χ3v) is 5.19. The molecule has 0 saturated carbocycles. The zero-order chi connectivity index (χ0) is 23.5. The molecule has 1 N–H and O–H groups in total. The Morgan fingerprint density at radius 2 is 1.82 bits per heavy atom. The number of aryl methyl sites for hydroxylation is 1. The van der Waals surface area contributed by atoms with Crippen molar-refractivity contribution in [1.82, 2.24) is 9.55 Å². The average molecular weight is 470 g/mol. The summed E-state index contributed by atoms with van der Waals surface area (Å²) in [5, 5.41) is 3.11. The summed E-state index contributed by atoms with van der Waals surface area (Å²) in [6.07, 6.45) is 8.27. The Kier molecular flexibility index (Phi) is 6.46. The highest BCUT2D eigenvalue weighted by molar-refractivity contribution is 6.36. The van der Waals surface area contributed by atoms with Crippen LogP contribution in [0, 0.1) is 24.4 Å². The van der Waals surface area contributed by atoms with E-state index in [1.54, 1.807) is 38.1 Å². The third kappa shape index (κ3) is 5.06. The molecule has 3 aromatic rings. The van der Waals surface area contributed by atoms with Gasteiger partial charge in [0, 0.05) is 28.7 Å². The van der Waals surface area contributed by atoms with Gasteiger partial charge in [0.25, 0.3) is 0 Å². The molecule has 0 aliphatic carbocycles. The summed E-state index contributed by atoms with van der Waals surface area (Å²) >= 11 is 6.24. The molecule has 0 radical (unpaired) electrons. The lowest BCUT2D eigenvalue weighted by Crippen LogP contribution is -2.14. The highest BCUT2D eigenvalue weighted by Crippen LogP contribution is 2.27. The maximum atomic E-state index is 14.7. The van der Waals surface area contributed by atoms with Gasteiger partial charge in [-0.2, -0.15) is 0 Å². The fourth-order valence-electron chi connectivity index (χ4n) is 3.36. The smallest absolute Gasteiger partial charge is 0.223 e. The van der Waals surface area contributed by atoms with Crippen LogP contribution in [0.2, 0.25) is 5.02 Å². The van der Waals surface area contributed by atoms with Crippen molar-refractivity contribution in [2.75, 3.05) is 11.9 Å². The van der Waals surface area contributed by atoms with Crippen LogP contribution in [0.5, 0.6) is 0 Å². The minimum absolute atomic E-state index is 0.148. The number of anilines is 1. The van der Waals surface area contributed by atoms with Crippen molar-refractivity contribution in [3.05, 3.63) is 94.8 Å². The van der Waals surface area contributed by atoms with E-state index in [4.69, 9.17) is 11.6 Å². The van der Waals surface area contributed by atoms with E-state index in [0.717, 1.165) is 12.1 Å². The van der Waals surface area contributed by atoms with Crippen LogP contribution < -0.4 is 5.32 Å². The summed E-state index contributed by atoms with van der Waals surface area (Å²) in [6.45, 7) is 3.76. The fraction of sp³-hybridized carbons (Fsp3) is 0.125. The van der Waals surface area contributed by atoms with Crippen LogP contribution >= 0.6 is 11.6 Å². The van der Waals surface area contributed by atoms with E-state index in [2.05, 4.69) is 20.3 Å². The molecule has 0 atom stereocenters. The Morgan fingerprint density at radius 1 is 1.06 bits per heavy atom. The van der Waals surface area contributed by atoms with Crippen LogP contribution in [0.4, 0.5) is 18.9 Å². The number of hydrogen-bond acceptors (Lipinski definition) is 4. The summed E-state index contributed by atoms with van der Waals surface area (Å²) in [6, 6.07) is 6.44. The molecule has 9 heteroatoms. The number of imidazole rings is 1. The summed E-state index contributed by atoms with van der Waals surface area (Å²) in [4.78, 5) is 12.8. The number of guanidine groups is 1. The van der Waals surface area contributed by atoms with Crippen molar-refractivity contribution in [3.8, 4) is 5.69 Å². The van der Waals surface area contributed by atoms with Gasteiger partial charge < -0.3 is 9.88 Å². The summed E-state index contributed by atoms with van der Waals surface area (Å²) in [5.41, 5.74) is 2.36. The largest absolute Gasteiger partial charge is 0.324 e. The standard InChI is InChI=1S/C24H19ClF3N5/c1-14-12-33(13-30-14)23-21(27)10-17(11-22(23)28)32-24-29-8-4-3-5-18(15(2)31-24)19-7-6-16(26)9-20(19)25/h3-7,9-13H,8H2,1-2H3,(H,29,32)/b4-3+,18-5+,31-15+. The van der Waals surface area contributed by atoms with Crippen LogP contribution in [-0.2, 0) is 0 Å². The number of nitrogens with one attached hydrogen (secondary N) is 1. The minimum Gasteiger partial charge on any atom is -0.324 e. The lowest BCUT2D eigenvalue weighted by atomic mass is 10.0. The molecular formula is C24H19ClF3N5. The molecule has 4 rings (SSSR count). The molecule has 0 saturated heterocycles. The second kappa shape index (κ2) is 9.46. The molecule has 168 valence electrons. The number of aromatic nitrogens is 2. The quantitative estimate of drug-likeness (QED) is 0.501. The molecule has 0 bridgehead atoms. The zero-order valence-electron chi connectivity index (χ0n) is 17.8. The first-order valence-electron chi connectivity index (χ1n) is 10.0. The van der Waals surface area contributed by atoms with Crippen LogP contribution in [0.15, 0.2) is 71.1 Å². The van der Waals surface area contributed by atoms with Crippen molar-refractivity contribution < 1.29 is 13.2 Å². The highest BCUT2D eigenvalue weighted by atomic mass is 35.5. The predicted molar refractivity (Wildman–Crippen MR) is 126 cm³/mol. The van der Waals surface area contributed by atoms with Gasteiger partial charge in [-0.05, 0) is 44.2 Å². The van der Waals surface area contributed by atoms with Crippen molar-refractivity contribution >= 4 is 34.5 Å². The molecule has 2 aromatic carbocycles. The van der Waals surface area contributed by atoms with E-state index < -0.39 is 17.5 Å². The van der Waals surface area contributed by atoms with E-state index in [0.29, 0.717) is 22.5 Å². The number of aliphatic imine (C=N–C) groups is 2. The SMILES string of the molecule is CC1=N\C(Nc2cc(F)c(-n3cnc(C)c3)c(F)c2)=N/C/C=C/C=C\1c1ccc(F)cc1Cl. The normalized spacial score (nSPS) is 19.8. The number of benzene rings is 2. The lowest BCUT2D eigenvalue weighted by molar-refractivity contribution is 0.570. The van der Waals surface area contributed by atoms with Gasteiger partial charge in [-0.25, -0.2) is 28.1 Å². The minimum atomic E-state index is -0.766. The van der Waals surface area contributed by atoms with E-state index in [1.165, 1.54) is 29.2 Å². The summed E-state index contributed by atoms with van der Waals surface area (Å²) in [5.74, 6) is -1.82. The average Bonchev–Trinajstić information content (AvgIpc) is 3.18. The van der Waals surface area contributed by atoms with Gasteiger partial charge in [-0.15, -0.1) is 0 Å². The highest BCUT2D eigenvalue weighted by Gasteiger charge is 2.16. The van der Waals surface area contributed by atoms with Crippen LogP contribution in [-0.4, -0.2) is 27.8 Å². The monoisotopic (exact) mass is 469 g/mol. The van der Waals surface area contributed by atoms with Crippen LogP contribution in [0.25, 0.3) is 11.3 Å². The van der Waals surface area contributed by atoms with E-state index in [-0.39, 0.29) is 28.9 Å². The lowest BCUT2D eigenvalue weighted by Gasteiger charge is -2.12. The Morgan fingerprint density at radius 3 is 2.48 bits per heavy atom.